The van der Waals surface area contributed by atoms with Crippen LogP contribution in [0.4, 0.5) is 0 Å². The smallest absolute Gasteiger partial charge is 0.302 e. The lowest BCUT2D eigenvalue weighted by Crippen LogP contribution is -2.54. The highest BCUT2D eigenvalue weighted by molar-refractivity contribution is 6.23. The number of rotatable bonds is 7. The molecule has 34 heavy (non-hydrogen) atoms. The predicted octanol–water partition coefficient (Wildman–Crippen LogP) is 2.70. The molecule has 0 spiro atoms. The quantitative estimate of drug-likeness (QED) is 0.355. The van der Waals surface area contributed by atoms with E-state index in [1.807, 2.05) is 13.8 Å². The Morgan fingerprint density at radius 2 is 1.82 bits per heavy atom. The molecule has 0 radical (unpaired) electrons. The van der Waals surface area contributed by atoms with Crippen LogP contribution in [-0.2, 0) is 19.1 Å². The molecule has 1 fully saturated rings. The molecule has 9 heteroatoms. The topological polar surface area (TPSA) is 122 Å². The molecule has 9 nitrogen and oxygen atoms in total. The van der Waals surface area contributed by atoms with Crippen LogP contribution in [0.5, 0.6) is 0 Å². The van der Waals surface area contributed by atoms with Gasteiger partial charge in [-0.05, 0) is 49.7 Å². The van der Waals surface area contributed by atoms with Crippen LogP contribution in [0.3, 0.4) is 0 Å². The Hall–Kier alpha value is -3.33. The van der Waals surface area contributed by atoms with Crippen LogP contribution in [0.25, 0.3) is 6.08 Å². The molecule has 2 aliphatic heterocycles. The van der Waals surface area contributed by atoms with Crippen molar-refractivity contribution in [3.8, 4) is 0 Å². The van der Waals surface area contributed by atoms with Gasteiger partial charge in [0.2, 0.25) is 11.8 Å². The number of carbonyl (C=O) groups is 5. The minimum absolute atomic E-state index is 0.0773. The van der Waals surface area contributed by atoms with Gasteiger partial charge in [-0.3, -0.25) is 34.2 Å². The number of nitrogens with zero attached hydrogens (tertiary/aromatic N) is 1. The van der Waals surface area contributed by atoms with Crippen molar-refractivity contribution < 1.29 is 28.7 Å². The fourth-order valence-corrected chi connectivity index (χ4v) is 3.30. The zero-order chi connectivity index (χ0) is 25.7. The summed E-state index contributed by atoms with van der Waals surface area (Å²) in [6, 6.07) is 3.74. The van der Waals surface area contributed by atoms with Gasteiger partial charge in [0.05, 0.1) is 11.1 Å². The van der Waals surface area contributed by atoms with Gasteiger partial charge >= 0.3 is 5.97 Å². The number of benzene rings is 1. The Kier molecular flexibility index (Phi) is 12.4. The summed E-state index contributed by atoms with van der Waals surface area (Å²) in [5.74, 6) is -2.56. The molecule has 2 heterocycles. The average Bonchev–Trinajstić information content (AvgIpc) is 3.06. The lowest BCUT2D eigenvalue weighted by molar-refractivity contribution is -0.140. The molecule has 1 aromatic carbocycles. The zero-order valence-corrected chi connectivity index (χ0v) is 20.6. The van der Waals surface area contributed by atoms with Crippen molar-refractivity contribution in [2.75, 3.05) is 19.7 Å². The number of esters is 1. The van der Waals surface area contributed by atoms with E-state index in [1.165, 1.54) is 19.4 Å². The van der Waals surface area contributed by atoms with Crippen molar-refractivity contribution in [2.45, 2.75) is 59.9 Å². The summed E-state index contributed by atoms with van der Waals surface area (Å²) >= 11 is 0. The second-order valence-corrected chi connectivity index (χ2v) is 7.31. The van der Waals surface area contributed by atoms with Gasteiger partial charge in [0, 0.05) is 13.3 Å². The van der Waals surface area contributed by atoms with Gasteiger partial charge in [-0.2, -0.15) is 0 Å². The highest BCUT2D eigenvalue weighted by Crippen LogP contribution is 2.28. The predicted molar refractivity (Wildman–Crippen MR) is 129 cm³/mol. The average molecular weight is 474 g/mol. The molecule has 3 rings (SSSR count). The first kappa shape index (κ1) is 28.7. The number of nitrogens with one attached hydrogen (secondary N) is 2. The van der Waals surface area contributed by atoms with Crippen LogP contribution in [0.15, 0.2) is 24.3 Å². The highest BCUT2D eigenvalue weighted by atomic mass is 16.5. The number of hydrogen-bond acceptors (Lipinski definition) is 7. The second kappa shape index (κ2) is 14.7. The Morgan fingerprint density at radius 3 is 2.38 bits per heavy atom. The Labute approximate surface area is 200 Å². The van der Waals surface area contributed by atoms with Gasteiger partial charge in [0.25, 0.3) is 11.8 Å². The Bertz CT molecular complexity index is 921. The van der Waals surface area contributed by atoms with E-state index in [2.05, 4.69) is 24.5 Å². The molecule has 2 aliphatic rings. The van der Waals surface area contributed by atoms with Crippen molar-refractivity contribution in [3.63, 3.8) is 0 Å². The molecule has 0 saturated carbocycles. The third kappa shape index (κ3) is 7.91. The van der Waals surface area contributed by atoms with E-state index in [-0.39, 0.29) is 30.6 Å². The molecule has 0 aliphatic carbocycles. The van der Waals surface area contributed by atoms with Crippen molar-refractivity contribution in [1.29, 1.82) is 0 Å². The number of imide groups is 2. The van der Waals surface area contributed by atoms with E-state index in [0.29, 0.717) is 5.56 Å². The normalized spacial score (nSPS) is 16.9. The molecule has 1 atom stereocenters. The summed E-state index contributed by atoms with van der Waals surface area (Å²) in [6.07, 6.45) is 4.71. The number of amides is 4. The third-order valence-electron chi connectivity index (χ3n) is 4.83. The van der Waals surface area contributed by atoms with Crippen LogP contribution >= 0.6 is 0 Å². The second-order valence-electron chi connectivity index (χ2n) is 7.31. The molecule has 0 bridgehead atoms. The first-order valence-corrected chi connectivity index (χ1v) is 11.7. The molecule has 186 valence electrons. The van der Waals surface area contributed by atoms with Gasteiger partial charge in [-0.15, -0.1) is 0 Å². The number of ether oxygens (including phenoxy) is 1. The first-order chi connectivity index (χ1) is 16.3. The minimum Gasteiger partial charge on any atom is -0.462 e. The maximum atomic E-state index is 12.7. The van der Waals surface area contributed by atoms with Gasteiger partial charge < -0.3 is 10.1 Å². The maximum Gasteiger partial charge on any atom is 0.302 e. The van der Waals surface area contributed by atoms with Gasteiger partial charge in [-0.1, -0.05) is 39.8 Å². The van der Waals surface area contributed by atoms with E-state index < -0.39 is 35.6 Å². The van der Waals surface area contributed by atoms with Crippen LogP contribution < -0.4 is 10.6 Å². The summed E-state index contributed by atoms with van der Waals surface area (Å²) in [4.78, 5) is 60.1. The summed E-state index contributed by atoms with van der Waals surface area (Å²) < 4.78 is 4.78. The SMILES string of the molecule is CC.CC(=O)OC/C=C/c1ccc2c(c1)C(=O)N(C1CCC(=O)NC1=O)C2=O.CCCNCC. The van der Waals surface area contributed by atoms with E-state index in [9.17, 15) is 24.0 Å². The van der Waals surface area contributed by atoms with Crippen LogP contribution in [0, 0.1) is 0 Å². The van der Waals surface area contributed by atoms with Gasteiger partial charge in [-0.25, -0.2) is 0 Å². The van der Waals surface area contributed by atoms with Crippen molar-refractivity contribution in [1.82, 2.24) is 15.5 Å². The Morgan fingerprint density at radius 1 is 1.15 bits per heavy atom. The zero-order valence-electron chi connectivity index (χ0n) is 20.6. The molecule has 4 amide bonds. The van der Waals surface area contributed by atoms with E-state index >= 15 is 0 Å². The van der Waals surface area contributed by atoms with Crippen LogP contribution in [0.2, 0.25) is 0 Å². The monoisotopic (exact) mass is 473 g/mol. The van der Waals surface area contributed by atoms with Crippen molar-refractivity contribution in [3.05, 3.63) is 41.0 Å². The van der Waals surface area contributed by atoms with E-state index in [0.717, 1.165) is 18.0 Å². The molecule has 1 unspecified atom stereocenters. The number of piperidine rings is 1. The van der Waals surface area contributed by atoms with Gasteiger partial charge in [0.1, 0.15) is 12.6 Å². The Balaban J connectivity index is 0.000000631. The lowest BCUT2D eigenvalue weighted by atomic mass is 10.0. The molecular weight excluding hydrogens is 438 g/mol. The molecule has 2 N–H and O–H groups in total. The molecule has 1 aromatic rings. The fraction of sp³-hybridized carbons (Fsp3) is 0.480. The summed E-state index contributed by atoms with van der Waals surface area (Å²) in [6.45, 7) is 12.0. The van der Waals surface area contributed by atoms with Crippen LogP contribution in [0.1, 0.15) is 80.2 Å². The summed E-state index contributed by atoms with van der Waals surface area (Å²) in [7, 11) is 0. The van der Waals surface area contributed by atoms with Crippen molar-refractivity contribution in [2.24, 2.45) is 0 Å². The molecule has 0 aromatic heterocycles. The van der Waals surface area contributed by atoms with E-state index in [1.54, 1.807) is 24.3 Å². The number of hydrogen-bond donors (Lipinski definition) is 2. The lowest BCUT2D eigenvalue weighted by Gasteiger charge is -2.27. The standard InChI is InChI=1S/C18H16N2O6.C5H13N.C2H6/c1-10(21)26-8-2-3-11-4-5-12-13(9-11)18(25)20(17(12)24)14-6-7-15(22)19-16(14)23;1-3-5-6-4-2;1-2/h2-5,9,14H,6-8H2,1H3,(H,19,22,23);6H,3-5H2,1-2H3;1-2H3/b3-2+;;. The minimum atomic E-state index is -0.983. The molecular formula is C25H35N3O6. The third-order valence-corrected chi connectivity index (χ3v) is 4.83. The summed E-state index contributed by atoms with van der Waals surface area (Å²) in [5.41, 5.74) is 1.08. The van der Waals surface area contributed by atoms with Crippen molar-refractivity contribution >= 4 is 35.7 Å². The highest BCUT2D eigenvalue weighted by Gasteiger charge is 2.44. The number of fused-ring (bicyclic) bond motifs is 1. The van der Waals surface area contributed by atoms with Gasteiger partial charge in [0.15, 0.2) is 0 Å². The summed E-state index contributed by atoms with van der Waals surface area (Å²) in [5, 5.41) is 5.35. The number of carbonyl (C=O) groups excluding carboxylic acids is 5. The first-order valence-electron chi connectivity index (χ1n) is 11.7. The molecule has 1 saturated heterocycles. The fourth-order valence-electron chi connectivity index (χ4n) is 3.30. The van der Waals surface area contributed by atoms with E-state index in [4.69, 9.17) is 4.74 Å². The van der Waals surface area contributed by atoms with Crippen LogP contribution in [-0.4, -0.2) is 60.2 Å². The maximum absolute atomic E-state index is 12.7. The largest absolute Gasteiger partial charge is 0.462 e.